The largest absolute Gasteiger partial charge is 0.375 e. The lowest BCUT2D eigenvalue weighted by Crippen LogP contribution is -2.10. The first-order valence-corrected chi connectivity index (χ1v) is 9.21. The van der Waals surface area contributed by atoms with Crippen LogP contribution in [0, 0.1) is 0 Å². The molecule has 0 bridgehead atoms. The summed E-state index contributed by atoms with van der Waals surface area (Å²) in [4.78, 5) is 4.32. The summed E-state index contributed by atoms with van der Waals surface area (Å²) in [5.74, 6) is 0.169. The Kier molecular flexibility index (Phi) is 4.20. The number of benzene rings is 2. The third kappa shape index (κ3) is 2.88. The van der Waals surface area contributed by atoms with Crippen LogP contribution in [-0.4, -0.2) is 13.4 Å². The molecule has 0 atom stereocenters. The van der Waals surface area contributed by atoms with Crippen molar-refractivity contribution in [1.29, 1.82) is 0 Å². The second-order valence-corrected chi connectivity index (χ2v) is 7.67. The summed E-state index contributed by atoms with van der Waals surface area (Å²) >= 11 is 6.77. The van der Waals surface area contributed by atoms with Crippen LogP contribution in [0.3, 0.4) is 0 Å². The van der Waals surface area contributed by atoms with Gasteiger partial charge in [0, 0.05) is 16.1 Å². The van der Waals surface area contributed by atoms with Gasteiger partial charge in [0.15, 0.2) is 5.75 Å². The summed E-state index contributed by atoms with van der Waals surface area (Å²) < 4.78 is 31.4. The van der Waals surface area contributed by atoms with E-state index in [-0.39, 0.29) is 10.6 Å². The fraction of sp³-hybridized carbons (Fsp3) is 0. The number of fused-ring (bicyclic) bond motifs is 1. The summed E-state index contributed by atoms with van der Waals surface area (Å²) in [7, 11) is -3.93. The van der Waals surface area contributed by atoms with Crippen LogP contribution in [0.1, 0.15) is 0 Å². The van der Waals surface area contributed by atoms with Crippen LogP contribution in [0.25, 0.3) is 10.9 Å². The molecule has 0 amide bonds. The highest BCUT2D eigenvalue weighted by Gasteiger charge is 2.21. The van der Waals surface area contributed by atoms with Gasteiger partial charge in [-0.3, -0.25) is 4.98 Å². The number of rotatable bonds is 3. The van der Waals surface area contributed by atoms with Crippen molar-refractivity contribution in [2.75, 3.05) is 0 Å². The number of pyridine rings is 1. The molecule has 1 heterocycles. The molecule has 3 aromatic rings. The minimum atomic E-state index is -3.93. The molecule has 2 aromatic carbocycles. The first kappa shape index (κ1) is 15.5. The summed E-state index contributed by atoms with van der Waals surface area (Å²) in [6.45, 7) is 0. The van der Waals surface area contributed by atoms with Crippen LogP contribution >= 0.6 is 31.9 Å². The molecule has 4 nitrogen and oxygen atoms in total. The summed E-state index contributed by atoms with van der Waals surface area (Å²) in [5, 5.41) is 0.768. The van der Waals surface area contributed by atoms with Crippen molar-refractivity contribution in [3.63, 3.8) is 0 Å². The molecule has 0 radical (unpaired) electrons. The molecule has 1 aromatic heterocycles. The molecule has 0 fully saturated rings. The minimum Gasteiger partial charge on any atom is -0.375 e. The van der Waals surface area contributed by atoms with Gasteiger partial charge in [0.1, 0.15) is 10.4 Å². The average molecular weight is 443 g/mol. The molecule has 0 N–H and O–H groups in total. The Hall–Kier alpha value is -1.44. The van der Waals surface area contributed by atoms with Gasteiger partial charge >= 0.3 is 10.1 Å². The fourth-order valence-electron chi connectivity index (χ4n) is 1.97. The van der Waals surface area contributed by atoms with Gasteiger partial charge in [-0.2, -0.15) is 8.42 Å². The Bertz CT molecular complexity index is 944. The lowest BCUT2D eigenvalue weighted by atomic mass is 10.2. The zero-order valence-corrected chi connectivity index (χ0v) is 15.0. The van der Waals surface area contributed by atoms with Gasteiger partial charge in [0.2, 0.25) is 0 Å². The molecule has 3 rings (SSSR count). The number of nitrogens with zero attached hydrogens (tertiary/aromatic N) is 1. The molecule has 0 spiro atoms. The van der Waals surface area contributed by atoms with Gasteiger partial charge in [-0.25, -0.2) is 0 Å². The lowest BCUT2D eigenvalue weighted by Gasteiger charge is -2.12. The maximum Gasteiger partial charge on any atom is 0.339 e. The predicted molar refractivity (Wildman–Crippen MR) is 91.4 cm³/mol. The molecular weight excluding hydrogens is 434 g/mol. The van der Waals surface area contributed by atoms with E-state index >= 15 is 0 Å². The van der Waals surface area contributed by atoms with E-state index in [4.69, 9.17) is 4.18 Å². The molecule has 0 saturated heterocycles. The van der Waals surface area contributed by atoms with Gasteiger partial charge < -0.3 is 4.18 Å². The molecule has 0 aliphatic heterocycles. The quantitative estimate of drug-likeness (QED) is 0.559. The van der Waals surface area contributed by atoms with Crippen LogP contribution < -0.4 is 4.18 Å². The average Bonchev–Trinajstić information content (AvgIpc) is 2.52. The highest BCUT2D eigenvalue weighted by Crippen LogP contribution is 2.38. The highest BCUT2D eigenvalue weighted by atomic mass is 79.9. The number of halogens is 2. The molecule has 7 heteroatoms. The zero-order chi connectivity index (χ0) is 15.7. The molecular formula is C15H9Br2NO3S. The van der Waals surface area contributed by atoms with Crippen LogP contribution in [0.5, 0.6) is 5.75 Å². The van der Waals surface area contributed by atoms with E-state index in [0.29, 0.717) is 9.99 Å². The smallest absolute Gasteiger partial charge is 0.339 e. The monoisotopic (exact) mass is 441 g/mol. The molecule has 0 unspecified atom stereocenters. The van der Waals surface area contributed by atoms with E-state index in [2.05, 4.69) is 36.8 Å². The zero-order valence-electron chi connectivity index (χ0n) is 11.0. The lowest BCUT2D eigenvalue weighted by molar-refractivity contribution is 0.486. The van der Waals surface area contributed by atoms with Gasteiger partial charge in [0.05, 0.1) is 4.47 Å². The van der Waals surface area contributed by atoms with Crippen LogP contribution in [0.2, 0.25) is 0 Å². The van der Waals surface area contributed by atoms with E-state index in [9.17, 15) is 8.42 Å². The van der Waals surface area contributed by atoms with Gasteiger partial charge in [-0.05, 0) is 40.2 Å². The summed E-state index contributed by atoms with van der Waals surface area (Å²) in [5.41, 5.74) is 0.461. The SMILES string of the molecule is O=S(=O)(Oc1c(Br)cc(Br)c2cccnc12)c1ccccc1. The first-order valence-electron chi connectivity index (χ1n) is 6.21. The van der Waals surface area contributed by atoms with Crippen LogP contribution in [-0.2, 0) is 10.1 Å². The van der Waals surface area contributed by atoms with Gasteiger partial charge in [-0.1, -0.05) is 40.2 Å². The molecule has 22 heavy (non-hydrogen) atoms. The minimum absolute atomic E-state index is 0.0916. The second kappa shape index (κ2) is 5.98. The van der Waals surface area contributed by atoms with Crippen LogP contribution in [0.15, 0.2) is 68.6 Å². The Morgan fingerprint density at radius 3 is 2.41 bits per heavy atom. The maximum atomic E-state index is 12.4. The molecule has 0 aliphatic rings. The topological polar surface area (TPSA) is 56.3 Å². The normalized spacial score (nSPS) is 11.5. The van der Waals surface area contributed by atoms with Gasteiger partial charge in [-0.15, -0.1) is 0 Å². The van der Waals surface area contributed by atoms with Crippen molar-refractivity contribution in [1.82, 2.24) is 4.98 Å². The summed E-state index contributed by atoms with van der Waals surface area (Å²) in [6.07, 6.45) is 1.59. The predicted octanol–water partition coefficient (Wildman–Crippen LogP) is 4.53. The van der Waals surface area contributed by atoms with E-state index < -0.39 is 10.1 Å². The third-order valence-electron chi connectivity index (χ3n) is 2.98. The molecule has 0 aliphatic carbocycles. The molecule has 0 saturated carbocycles. The van der Waals surface area contributed by atoms with Crippen molar-refractivity contribution in [3.05, 3.63) is 63.7 Å². The van der Waals surface area contributed by atoms with Crippen molar-refractivity contribution >= 4 is 52.9 Å². The Morgan fingerprint density at radius 1 is 0.955 bits per heavy atom. The van der Waals surface area contributed by atoms with Gasteiger partial charge in [0.25, 0.3) is 0 Å². The van der Waals surface area contributed by atoms with E-state index in [1.807, 2.05) is 6.07 Å². The first-order chi connectivity index (χ1) is 10.5. The fourth-order valence-corrected chi connectivity index (χ4v) is 4.41. The van der Waals surface area contributed by atoms with Crippen molar-refractivity contribution in [2.45, 2.75) is 4.90 Å². The highest BCUT2D eigenvalue weighted by molar-refractivity contribution is 9.11. The summed E-state index contributed by atoms with van der Waals surface area (Å²) in [6, 6.07) is 13.3. The number of hydrogen-bond donors (Lipinski definition) is 0. The van der Waals surface area contributed by atoms with Crippen LogP contribution in [0.4, 0.5) is 0 Å². The molecule has 112 valence electrons. The Balaban J connectivity index is 2.16. The van der Waals surface area contributed by atoms with E-state index in [1.54, 1.807) is 36.5 Å². The maximum absolute atomic E-state index is 12.4. The van der Waals surface area contributed by atoms with Crippen molar-refractivity contribution in [3.8, 4) is 5.75 Å². The second-order valence-electron chi connectivity index (χ2n) is 4.42. The number of hydrogen-bond acceptors (Lipinski definition) is 4. The van der Waals surface area contributed by atoms with E-state index in [1.165, 1.54) is 12.1 Å². The Morgan fingerprint density at radius 2 is 1.68 bits per heavy atom. The standard InChI is InChI=1S/C15H9Br2NO3S/c16-12-9-13(17)15(14-11(12)7-4-8-18-14)21-22(19,20)10-5-2-1-3-6-10/h1-9H. The third-order valence-corrected chi connectivity index (χ3v) is 5.46. The Labute approximate surface area is 144 Å². The van der Waals surface area contributed by atoms with Crippen molar-refractivity contribution < 1.29 is 12.6 Å². The number of aromatic nitrogens is 1. The van der Waals surface area contributed by atoms with Crippen molar-refractivity contribution in [2.24, 2.45) is 0 Å². The van der Waals surface area contributed by atoms with E-state index in [0.717, 1.165) is 9.86 Å².